The fourth-order valence-corrected chi connectivity index (χ4v) is 6.89. The van der Waals surface area contributed by atoms with Gasteiger partial charge in [0.05, 0.1) is 12.2 Å². The van der Waals surface area contributed by atoms with Crippen molar-refractivity contribution in [2.75, 3.05) is 13.2 Å². The van der Waals surface area contributed by atoms with Crippen LogP contribution in [0.3, 0.4) is 0 Å². The molecular formula is C29H42O5. The van der Waals surface area contributed by atoms with Crippen molar-refractivity contribution in [1.29, 1.82) is 0 Å². The number of carbonyl (C=O) groups is 1. The summed E-state index contributed by atoms with van der Waals surface area (Å²) >= 11 is 0. The first-order valence-electron chi connectivity index (χ1n) is 13.8. The molecule has 0 amide bonds. The number of rotatable bonds is 8. The van der Waals surface area contributed by atoms with Gasteiger partial charge < -0.3 is 18.9 Å². The van der Waals surface area contributed by atoms with Gasteiger partial charge in [0.2, 0.25) is 0 Å². The molecule has 0 N–H and O–H groups in total. The van der Waals surface area contributed by atoms with Gasteiger partial charge >= 0.3 is 0 Å². The van der Waals surface area contributed by atoms with Crippen molar-refractivity contribution >= 4 is 5.78 Å². The molecule has 0 aromatic rings. The topological polar surface area (TPSA) is 54.0 Å². The molecule has 3 aliphatic carbocycles. The zero-order chi connectivity index (χ0) is 23.4. The number of fused-ring (bicyclic) bond motifs is 1. The summed E-state index contributed by atoms with van der Waals surface area (Å²) in [7, 11) is 0. The van der Waals surface area contributed by atoms with Crippen LogP contribution in [0.1, 0.15) is 90.4 Å². The van der Waals surface area contributed by atoms with Gasteiger partial charge in [0, 0.05) is 43.8 Å². The monoisotopic (exact) mass is 470 g/mol. The van der Waals surface area contributed by atoms with Crippen LogP contribution in [0.4, 0.5) is 0 Å². The molecule has 7 atom stereocenters. The van der Waals surface area contributed by atoms with Gasteiger partial charge in [0.25, 0.3) is 0 Å². The van der Waals surface area contributed by atoms with Crippen molar-refractivity contribution in [2.45, 2.75) is 115 Å². The maximum atomic E-state index is 12.3. The van der Waals surface area contributed by atoms with Gasteiger partial charge in [-0.05, 0) is 76.5 Å². The summed E-state index contributed by atoms with van der Waals surface area (Å²) in [5, 5.41) is 0. The molecule has 5 nitrogen and oxygen atoms in total. The van der Waals surface area contributed by atoms with Gasteiger partial charge in [-0.15, -0.1) is 11.8 Å². The summed E-state index contributed by atoms with van der Waals surface area (Å²) in [4.78, 5) is 12.3. The van der Waals surface area contributed by atoms with Crippen LogP contribution >= 0.6 is 0 Å². The lowest BCUT2D eigenvalue weighted by molar-refractivity contribution is -0.209. The van der Waals surface area contributed by atoms with Crippen molar-refractivity contribution < 1.29 is 23.7 Å². The van der Waals surface area contributed by atoms with Gasteiger partial charge in [0.1, 0.15) is 5.78 Å². The van der Waals surface area contributed by atoms with Gasteiger partial charge in [0.15, 0.2) is 12.6 Å². The lowest BCUT2D eigenvalue weighted by atomic mass is 9.63. The molecule has 2 heterocycles. The van der Waals surface area contributed by atoms with E-state index in [9.17, 15) is 4.79 Å². The quantitative estimate of drug-likeness (QED) is 0.343. The number of carbonyl (C=O) groups excluding carboxylic acids is 1. The highest BCUT2D eigenvalue weighted by atomic mass is 16.7. The van der Waals surface area contributed by atoms with E-state index in [1.54, 1.807) is 0 Å². The van der Waals surface area contributed by atoms with Crippen LogP contribution in [-0.4, -0.2) is 43.8 Å². The Labute approximate surface area is 205 Å². The Hall–Kier alpha value is -1.19. The lowest BCUT2D eigenvalue weighted by Gasteiger charge is -2.47. The Kier molecular flexibility index (Phi) is 8.11. The maximum absolute atomic E-state index is 12.3. The van der Waals surface area contributed by atoms with E-state index in [1.807, 2.05) is 6.92 Å². The number of ketones is 1. The second kappa shape index (κ2) is 11.2. The highest BCUT2D eigenvalue weighted by molar-refractivity contribution is 5.81. The molecule has 0 spiro atoms. The van der Waals surface area contributed by atoms with Crippen molar-refractivity contribution in [3.8, 4) is 11.8 Å². The van der Waals surface area contributed by atoms with E-state index in [2.05, 4.69) is 24.0 Å². The largest absolute Gasteiger partial charge is 0.353 e. The molecular weight excluding hydrogens is 428 g/mol. The smallest absolute Gasteiger partial charge is 0.158 e. The number of hydrogen-bond acceptors (Lipinski definition) is 5. The summed E-state index contributed by atoms with van der Waals surface area (Å²) in [6.45, 7) is 3.50. The number of Topliss-reactive ketones (excluding diaryl/α,β-unsaturated/α-hetero) is 1. The zero-order valence-corrected chi connectivity index (χ0v) is 20.8. The fraction of sp³-hybridized carbons (Fsp3) is 0.828. The van der Waals surface area contributed by atoms with Crippen molar-refractivity contribution in [3.63, 3.8) is 0 Å². The minimum Gasteiger partial charge on any atom is -0.353 e. The second-order valence-electron chi connectivity index (χ2n) is 11.2. The molecule has 34 heavy (non-hydrogen) atoms. The van der Waals surface area contributed by atoms with Gasteiger partial charge in [-0.1, -0.05) is 18.6 Å². The number of hydrogen-bond donors (Lipinski definition) is 0. The molecule has 3 saturated carbocycles. The SMILES string of the molecule is CC#CCC1([C@@H](C=C[C@@H]2[C@H]3CC(=O)C[C@H]3C[C@H]2OC2CCCCO2)OC2CCCCO2)CCC1. The molecule has 2 saturated heterocycles. The maximum Gasteiger partial charge on any atom is 0.158 e. The Morgan fingerprint density at radius 3 is 2.47 bits per heavy atom. The second-order valence-corrected chi connectivity index (χ2v) is 11.2. The highest BCUT2D eigenvalue weighted by Gasteiger charge is 2.49. The first-order chi connectivity index (χ1) is 16.7. The van der Waals surface area contributed by atoms with E-state index in [0.717, 1.165) is 71.0 Å². The standard InChI is InChI=1S/C29H42O5/c1-2-3-13-29(14-8-15-29)26(34-28-10-5-7-17-32-28)12-11-23-24-20-22(30)18-21(24)19-25(23)33-27-9-4-6-16-31-27/h11-12,21,23-28H,4-10,13-20H2,1H3/t21-,23+,24-,25+,26+,27?,28?/m0/s1. The minimum atomic E-state index is -0.123. The Bertz CT molecular complexity index is 778. The Balaban J connectivity index is 1.34. The molecule has 0 aromatic heterocycles. The average molecular weight is 471 g/mol. The van der Waals surface area contributed by atoms with Crippen molar-refractivity contribution in [3.05, 3.63) is 12.2 Å². The molecule has 0 bridgehead atoms. The minimum absolute atomic E-state index is 0.00654. The first kappa shape index (κ1) is 24.5. The Morgan fingerprint density at radius 1 is 1.06 bits per heavy atom. The lowest BCUT2D eigenvalue weighted by Crippen LogP contribution is -2.44. The van der Waals surface area contributed by atoms with Crippen LogP contribution < -0.4 is 0 Å². The van der Waals surface area contributed by atoms with Gasteiger partial charge in [-0.2, -0.15) is 0 Å². The molecule has 0 radical (unpaired) electrons. The fourth-order valence-electron chi connectivity index (χ4n) is 6.89. The van der Waals surface area contributed by atoms with Crippen LogP contribution in [0, 0.1) is 35.0 Å². The van der Waals surface area contributed by atoms with Crippen LogP contribution in [-0.2, 0) is 23.7 Å². The third-order valence-corrected chi connectivity index (χ3v) is 9.00. The molecule has 2 aliphatic heterocycles. The summed E-state index contributed by atoms with van der Waals surface area (Å²) in [5.74, 6) is 7.95. The normalized spacial score (nSPS) is 38.2. The van der Waals surface area contributed by atoms with Crippen LogP contribution in [0.15, 0.2) is 12.2 Å². The predicted molar refractivity (Wildman–Crippen MR) is 130 cm³/mol. The molecule has 5 heteroatoms. The van der Waals surface area contributed by atoms with Crippen LogP contribution in [0.5, 0.6) is 0 Å². The molecule has 0 aromatic carbocycles. The summed E-state index contributed by atoms with van der Waals surface area (Å²) in [6, 6.07) is 0. The van der Waals surface area contributed by atoms with E-state index in [0.29, 0.717) is 30.5 Å². The van der Waals surface area contributed by atoms with Crippen molar-refractivity contribution in [1.82, 2.24) is 0 Å². The molecule has 5 aliphatic rings. The van der Waals surface area contributed by atoms with Crippen LogP contribution in [0.2, 0.25) is 0 Å². The summed E-state index contributed by atoms with van der Waals surface area (Å²) in [6.07, 6.45) is 17.8. The summed E-state index contributed by atoms with van der Waals surface area (Å²) in [5.41, 5.74) is 0.0760. The van der Waals surface area contributed by atoms with E-state index in [4.69, 9.17) is 18.9 Å². The molecule has 188 valence electrons. The average Bonchev–Trinajstić information content (AvgIpc) is 3.33. The summed E-state index contributed by atoms with van der Waals surface area (Å²) < 4.78 is 25.1. The molecule has 5 fully saturated rings. The van der Waals surface area contributed by atoms with Crippen molar-refractivity contribution in [2.24, 2.45) is 23.2 Å². The van der Waals surface area contributed by atoms with E-state index < -0.39 is 0 Å². The van der Waals surface area contributed by atoms with Gasteiger partial charge in [-0.3, -0.25) is 4.79 Å². The first-order valence-corrected chi connectivity index (χ1v) is 13.8. The number of ether oxygens (including phenoxy) is 4. The third kappa shape index (κ3) is 5.46. The van der Waals surface area contributed by atoms with E-state index in [1.165, 1.54) is 12.8 Å². The third-order valence-electron chi connectivity index (χ3n) is 9.00. The van der Waals surface area contributed by atoms with E-state index >= 15 is 0 Å². The Morgan fingerprint density at radius 2 is 1.82 bits per heavy atom. The zero-order valence-electron chi connectivity index (χ0n) is 20.8. The molecule has 2 unspecified atom stereocenters. The van der Waals surface area contributed by atoms with E-state index in [-0.39, 0.29) is 36.1 Å². The highest BCUT2D eigenvalue weighted by Crippen LogP contribution is 2.51. The predicted octanol–water partition coefficient (Wildman–Crippen LogP) is 5.57. The molecule has 5 rings (SSSR count). The van der Waals surface area contributed by atoms with Crippen LogP contribution in [0.25, 0.3) is 0 Å². The van der Waals surface area contributed by atoms with Gasteiger partial charge in [-0.25, -0.2) is 0 Å².